The second kappa shape index (κ2) is 6.59. The number of benzene rings is 1. The first-order chi connectivity index (χ1) is 8.58. The predicted molar refractivity (Wildman–Crippen MR) is 78.3 cm³/mol. The highest BCUT2D eigenvalue weighted by molar-refractivity contribution is 5.85. The molecule has 0 aliphatic carbocycles. The number of carbonyl (C=O) groups is 1. The van der Waals surface area contributed by atoms with Crippen molar-refractivity contribution in [2.24, 2.45) is 5.73 Å². The lowest BCUT2D eigenvalue weighted by Crippen LogP contribution is -2.29. The molecule has 1 aromatic heterocycles. The van der Waals surface area contributed by atoms with Crippen LogP contribution in [0.2, 0.25) is 0 Å². The minimum atomic E-state index is -0.123. The van der Waals surface area contributed by atoms with Gasteiger partial charge in [0.25, 0.3) is 0 Å². The normalized spacial score (nSPS) is 11.9. The molecule has 2 aromatic rings. The van der Waals surface area contributed by atoms with Crippen molar-refractivity contribution in [3.05, 3.63) is 35.6 Å². The Balaban J connectivity index is 0.00000180. The van der Waals surface area contributed by atoms with E-state index in [1.807, 2.05) is 38.1 Å². The van der Waals surface area contributed by atoms with Crippen LogP contribution in [0.4, 0.5) is 0 Å². The topological polar surface area (TPSA) is 68.3 Å². The zero-order chi connectivity index (χ0) is 13.1. The molecule has 0 saturated heterocycles. The number of halogens is 1. The molecule has 104 valence electrons. The number of rotatable bonds is 4. The van der Waals surface area contributed by atoms with Gasteiger partial charge in [-0.3, -0.25) is 4.79 Å². The minimum absolute atomic E-state index is 0. The number of hydrogen-bond donors (Lipinski definition) is 2. The van der Waals surface area contributed by atoms with Gasteiger partial charge in [-0.1, -0.05) is 18.2 Å². The van der Waals surface area contributed by atoms with E-state index in [0.29, 0.717) is 13.0 Å². The average Bonchev–Trinajstić information content (AvgIpc) is 2.64. The first-order valence-corrected chi connectivity index (χ1v) is 6.07. The quantitative estimate of drug-likeness (QED) is 0.905. The molecule has 4 nitrogen and oxygen atoms in total. The van der Waals surface area contributed by atoms with Crippen LogP contribution in [0.5, 0.6) is 0 Å². The number of para-hydroxylation sites is 1. The Morgan fingerprint density at radius 2 is 2.11 bits per heavy atom. The van der Waals surface area contributed by atoms with Crippen molar-refractivity contribution >= 4 is 29.3 Å². The highest BCUT2D eigenvalue weighted by Gasteiger charge is 2.11. The lowest BCUT2D eigenvalue weighted by molar-refractivity contribution is -0.121. The smallest absolute Gasteiger partial charge is 0.221 e. The average molecular weight is 283 g/mol. The van der Waals surface area contributed by atoms with E-state index in [9.17, 15) is 4.79 Å². The maximum Gasteiger partial charge on any atom is 0.221 e. The van der Waals surface area contributed by atoms with Gasteiger partial charge in [-0.2, -0.15) is 0 Å². The number of aryl methyl sites for hydroxylation is 1. The predicted octanol–water partition coefficient (Wildman–Crippen LogP) is 2.52. The number of carbonyl (C=O) groups excluding carboxylic acids is 1. The van der Waals surface area contributed by atoms with Crippen LogP contribution in [0, 0.1) is 6.92 Å². The van der Waals surface area contributed by atoms with Gasteiger partial charge < -0.3 is 15.5 Å². The second-order valence-electron chi connectivity index (χ2n) is 4.60. The van der Waals surface area contributed by atoms with E-state index in [-0.39, 0.29) is 24.4 Å². The third-order valence-corrected chi connectivity index (χ3v) is 2.90. The van der Waals surface area contributed by atoms with E-state index in [4.69, 9.17) is 10.2 Å². The summed E-state index contributed by atoms with van der Waals surface area (Å²) in [5.74, 6) is 0.749. The van der Waals surface area contributed by atoms with Crippen LogP contribution in [-0.4, -0.2) is 11.9 Å². The fourth-order valence-corrected chi connectivity index (χ4v) is 1.94. The molecule has 1 aromatic carbocycles. The first-order valence-electron chi connectivity index (χ1n) is 6.07. The molecule has 1 atom stereocenters. The number of fused-ring (bicyclic) bond motifs is 1. The summed E-state index contributed by atoms with van der Waals surface area (Å²) in [5.41, 5.74) is 7.50. The molecule has 0 spiro atoms. The van der Waals surface area contributed by atoms with Gasteiger partial charge in [0.2, 0.25) is 5.91 Å². The lowest BCUT2D eigenvalue weighted by atomic mass is 10.1. The third-order valence-electron chi connectivity index (χ3n) is 2.90. The van der Waals surface area contributed by atoms with E-state index < -0.39 is 0 Å². The Labute approximate surface area is 118 Å². The van der Waals surface area contributed by atoms with Gasteiger partial charge in [0.15, 0.2) is 0 Å². The summed E-state index contributed by atoms with van der Waals surface area (Å²) >= 11 is 0. The fourth-order valence-electron chi connectivity index (χ4n) is 1.94. The van der Waals surface area contributed by atoms with E-state index in [1.165, 1.54) is 0 Å². The van der Waals surface area contributed by atoms with Crippen molar-refractivity contribution < 1.29 is 9.21 Å². The largest absolute Gasteiger partial charge is 0.459 e. The van der Waals surface area contributed by atoms with Crippen molar-refractivity contribution in [2.45, 2.75) is 32.9 Å². The third kappa shape index (κ3) is 3.72. The van der Waals surface area contributed by atoms with E-state index in [0.717, 1.165) is 22.3 Å². The molecule has 1 heterocycles. The summed E-state index contributed by atoms with van der Waals surface area (Å²) in [6.45, 7) is 4.22. The highest BCUT2D eigenvalue weighted by Crippen LogP contribution is 2.24. The second-order valence-corrected chi connectivity index (χ2v) is 4.60. The summed E-state index contributed by atoms with van der Waals surface area (Å²) in [6.07, 6.45) is 0.333. The van der Waals surface area contributed by atoms with E-state index in [2.05, 4.69) is 5.32 Å². The minimum Gasteiger partial charge on any atom is -0.459 e. The molecule has 1 amide bonds. The van der Waals surface area contributed by atoms with Crippen LogP contribution < -0.4 is 11.1 Å². The Kier molecular flexibility index (Phi) is 5.39. The molecule has 2 rings (SSSR count). The fraction of sp³-hybridized carbons (Fsp3) is 0.357. The SMILES string of the molecule is Cc1c(CNC(=O)CC(C)N)oc2ccccc12.Cl. The molecule has 0 radical (unpaired) electrons. The number of nitrogens with one attached hydrogen (secondary N) is 1. The number of amides is 1. The highest BCUT2D eigenvalue weighted by atomic mass is 35.5. The molecular weight excluding hydrogens is 264 g/mol. The molecule has 1 unspecified atom stereocenters. The van der Waals surface area contributed by atoms with E-state index >= 15 is 0 Å². The van der Waals surface area contributed by atoms with Crippen LogP contribution in [-0.2, 0) is 11.3 Å². The van der Waals surface area contributed by atoms with E-state index in [1.54, 1.807) is 0 Å². The molecular formula is C14H19ClN2O2. The molecule has 0 fully saturated rings. The summed E-state index contributed by atoms with van der Waals surface area (Å²) in [5, 5.41) is 3.91. The Morgan fingerprint density at radius 1 is 1.42 bits per heavy atom. The van der Waals surface area contributed by atoms with Crippen LogP contribution >= 0.6 is 12.4 Å². The maximum absolute atomic E-state index is 11.5. The van der Waals surface area contributed by atoms with Crippen LogP contribution in [0.1, 0.15) is 24.7 Å². The molecule has 0 aliphatic heterocycles. The van der Waals surface area contributed by atoms with Gasteiger partial charge in [-0.25, -0.2) is 0 Å². The summed E-state index contributed by atoms with van der Waals surface area (Å²) < 4.78 is 5.71. The first kappa shape index (κ1) is 15.5. The van der Waals surface area contributed by atoms with Gasteiger partial charge >= 0.3 is 0 Å². The maximum atomic E-state index is 11.5. The van der Waals surface area contributed by atoms with Crippen LogP contribution in [0.25, 0.3) is 11.0 Å². The molecule has 3 N–H and O–H groups in total. The Hall–Kier alpha value is -1.52. The zero-order valence-corrected chi connectivity index (χ0v) is 11.9. The Bertz CT molecular complexity index is 564. The van der Waals surface area contributed by atoms with Crippen molar-refractivity contribution in [1.29, 1.82) is 0 Å². The van der Waals surface area contributed by atoms with Crippen molar-refractivity contribution in [1.82, 2.24) is 5.32 Å². The van der Waals surface area contributed by atoms with Gasteiger partial charge in [0, 0.05) is 23.4 Å². The van der Waals surface area contributed by atoms with Crippen LogP contribution in [0.15, 0.2) is 28.7 Å². The van der Waals surface area contributed by atoms with Gasteiger partial charge in [0.1, 0.15) is 11.3 Å². The lowest BCUT2D eigenvalue weighted by Gasteiger charge is -2.06. The van der Waals surface area contributed by atoms with Crippen LogP contribution in [0.3, 0.4) is 0 Å². The van der Waals surface area contributed by atoms with Crippen molar-refractivity contribution in [3.8, 4) is 0 Å². The molecule has 19 heavy (non-hydrogen) atoms. The standard InChI is InChI=1S/C14H18N2O2.ClH/c1-9(15)7-14(17)16-8-13-10(2)11-5-3-4-6-12(11)18-13;/h3-6,9H,7-8,15H2,1-2H3,(H,16,17);1H. The van der Waals surface area contributed by atoms with Gasteiger partial charge in [0.05, 0.1) is 6.54 Å². The number of nitrogens with two attached hydrogens (primary N) is 1. The van der Waals surface area contributed by atoms with Gasteiger partial charge in [-0.05, 0) is 19.9 Å². The molecule has 0 saturated carbocycles. The van der Waals surface area contributed by atoms with Gasteiger partial charge in [-0.15, -0.1) is 12.4 Å². The summed E-state index contributed by atoms with van der Waals surface area (Å²) in [7, 11) is 0. The molecule has 0 bridgehead atoms. The Morgan fingerprint density at radius 3 is 2.74 bits per heavy atom. The summed E-state index contributed by atoms with van der Waals surface area (Å²) in [6, 6.07) is 7.73. The molecule has 0 aliphatic rings. The zero-order valence-electron chi connectivity index (χ0n) is 11.1. The monoisotopic (exact) mass is 282 g/mol. The molecule has 5 heteroatoms. The van der Waals surface area contributed by atoms with Crippen molar-refractivity contribution in [3.63, 3.8) is 0 Å². The number of hydrogen-bond acceptors (Lipinski definition) is 3. The van der Waals surface area contributed by atoms with Crippen molar-refractivity contribution in [2.75, 3.05) is 0 Å². The number of furan rings is 1. The summed E-state index contributed by atoms with van der Waals surface area (Å²) in [4.78, 5) is 11.5.